The Morgan fingerprint density at radius 2 is 2.25 bits per heavy atom. The number of aromatic nitrogens is 2. The van der Waals surface area contributed by atoms with E-state index in [9.17, 15) is 5.11 Å². The molecule has 1 unspecified atom stereocenters. The Bertz CT molecular complexity index is 624. The van der Waals surface area contributed by atoms with Gasteiger partial charge < -0.3 is 9.84 Å². The van der Waals surface area contributed by atoms with Gasteiger partial charge in [0.25, 0.3) is 0 Å². The quantitative estimate of drug-likeness (QED) is 0.918. The molecule has 0 bridgehead atoms. The summed E-state index contributed by atoms with van der Waals surface area (Å²) in [5.41, 5.74) is 1.74. The van der Waals surface area contributed by atoms with Crippen LogP contribution >= 0.6 is 11.6 Å². The van der Waals surface area contributed by atoms with Crippen molar-refractivity contribution in [3.05, 3.63) is 46.7 Å². The minimum absolute atomic E-state index is 0.175. The maximum Gasteiger partial charge on any atom is 0.130 e. The highest BCUT2D eigenvalue weighted by atomic mass is 35.5. The highest BCUT2D eigenvalue weighted by molar-refractivity contribution is 6.30. The van der Waals surface area contributed by atoms with Crippen molar-refractivity contribution in [3.8, 4) is 5.75 Å². The van der Waals surface area contributed by atoms with Crippen LogP contribution in [-0.2, 0) is 0 Å². The third kappa shape index (κ3) is 2.41. The Morgan fingerprint density at radius 3 is 2.95 bits per heavy atom. The van der Waals surface area contributed by atoms with E-state index in [4.69, 9.17) is 16.3 Å². The number of ether oxygens (including phenoxy) is 1. The molecular weight excluding hydrogens is 276 g/mol. The molecule has 1 aromatic carbocycles. The normalized spacial score (nSPS) is 21.6. The van der Waals surface area contributed by atoms with Gasteiger partial charge in [-0.25, -0.2) is 0 Å². The van der Waals surface area contributed by atoms with Crippen LogP contribution in [0, 0.1) is 0 Å². The van der Waals surface area contributed by atoms with Crippen molar-refractivity contribution in [3.63, 3.8) is 0 Å². The van der Waals surface area contributed by atoms with Gasteiger partial charge in [0.2, 0.25) is 0 Å². The van der Waals surface area contributed by atoms with Crippen LogP contribution in [-0.4, -0.2) is 14.9 Å². The van der Waals surface area contributed by atoms with E-state index in [0.717, 1.165) is 11.1 Å². The summed E-state index contributed by atoms with van der Waals surface area (Å²) in [6.07, 6.45) is 3.55. The topological polar surface area (TPSA) is 47.3 Å². The van der Waals surface area contributed by atoms with E-state index in [1.807, 2.05) is 10.9 Å². The van der Waals surface area contributed by atoms with Crippen LogP contribution < -0.4 is 4.74 Å². The highest BCUT2D eigenvalue weighted by Crippen LogP contribution is 2.41. The lowest BCUT2D eigenvalue weighted by molar-refractivity contribution is 0.0657. The van der Waals surface area contributed by atoms with Crippen molar-refractivity contribution in [1.29, 1.82) is 0 Å². The van der Waals surface area contributed by atoms with E-state index in [0.29, 0.717) is 23.2 Å². The Labute approximate surface area is 122 Å². The molecule has 0 aliphatic carbocycles. The van der Waals surface area contributed by atoms with Gasteiger partial charge in [0, 0.05) is 34.8 Å². The van der Waals surface area contributed by atoms with Crippen LogP contribution in [0.25, 0.3) is 0 Å². The molecule has 106 valence electrons. The molecule has 5 heteroatoms. The third-order valence-corrected chi connectivity index (χ3v) is 3.79. The third-order valence-electron chi connectivity index (χ3n) is 3.56. The van der Waals surface area contributed by atoms with Crippen molar-refractivity contribution in [2.24, 2.45) is 0 Å². The lowest BCUT2D eigenvalue weighted by atomic mass is 9.96. The van der Waals surface area contributed by atoms with Crippen LogP contribution in [0.1, 0.15) is 49.6 Å². The second kappa shape index (κ2) is 5.11. The van der Waals surface area contributed by atoms with Crippen LogP contribution in [0.3, 0.4) is 0 Å². The first-order valence-electron chi connectivity index (χ1n) is 6.73. The predicted octanol–water partition coefficient (Wildman–Crippen LogP) is 3.67. The van der Waals surface area contributed by atoms with Crippen LogP contribution in [0.4, 0.5) is 0 Å². The molecule has 1 N–H and O–H groups in total. The molecule has 1 aliphatic rings. The van der Waals surface area contributed by atoms with Crippen LogP contribution in [0.2, 0.25) is 5.02 Å². The number of nitrogens with zero attached hydrogens (tertiary/aromatic N) is 2. The number of fused-ring (bicyclic) bond motifs is 1. The van der Waals surface area contributed by atoms with E-state index in [1.54, 1.807) is 24.4 Å². The highest BCUT2D eigenvalue weighted by Gasteiger charge is 2.29. The molecule has 0 fully saturated rings. The average molecular weight is 293 g/mol. The first-order chi connectivity index (χ1) is 9.54. The molecule has 1 aliphatic heterocycles. The van der Waals surface area contributed by atoms with Gasteiger partial charge in [-0.15, -0.1) is 0 Å². The molecule has 0 spiro atoms. The van der Waals surface area contributed by atoms with Gasteiger partial charge in [0.15, 0.2) is 0 Å². The number of aliphatic hydroxyl groups is 1. The SMILES string of the molecule is CC(C)n1cc(C2C[C@@H](O)c3cc(Cl)ccc3O2)cn1. The van der Waals surface area contributed by atoms with Gasteiger partial charge in [-0.3, -0.25) is 4.68 Å². The molecule has 1 aromatic heterocycles. The van der Waals surface area contributed by atoms with Gasteiger partial charge in [-0.05, 0) is 32.0 Å². The fourth-order valence-corrected chi connectivity index (χ4v) is 2.60. The van der Waals surface area contributed by atoms with Crippen LogP contribution in [0.5, 0.6) is 5.75 Å². The van der Waals surface area contributed by atoms with Crippen LogP contribution in [0.15, 0.2) is 30.6 Å². The first-order valence-corrected chi connectivity index (χ1v) is 7.10. The number of hydrogen-bond donors (Lipinski definition) is 1. The van der Waals surface area contributed by atoms with Crippen molar-refractivity contribution in [2.75, 3.05) is 0 Å². The number of rotatable bonds is 2. The summed E-state index contributed by atoms with van der Waals surface area (Å²) in [5.74, 6) is 0.690. The van der Waals surface area contributed by atoms with Gasteiger partial charge in [0.1, 0.15) is 11.9 Å². The molecular formula is C15H17ClN2O2. The summed E-state index contributed by atoms with van der Waals surface area (Å²) in [4.78, 5) is 0. The van der Waals surface area contributed by atoms with E-state index >= 15 is 0 Å². The van der Waals surface area contributed by atoms with E-state index in [2.05, 4.69) is 18.9 Å². The predicted molar refractivity (Wildman–Crippen MR) is 77.0 cm³/mol. The number of benzene rings is 1. The molecule has 3 rings (SSSR count). The molecule has 0 radical (unpaired) electrons. The Kier molecular flexibility index (Phi) is 3.44. The second-order valence-electron chi connectivity index (χ2n) is 5.39. The standard InChI is InChI=1S/C15H17ClN2O2/c1-9(2)18-8-10(7-17-18)15-6-13(19)12-5-11(16)3-4-14(12)20-15/h3-5,7-9,13,15,19H,6H2,1-2H3/t13-,15?/m1/s1. The average Bonchev–Trinajstić information content (AvgIpc) is 2.89. The van der Waals surface area contributed by atoms with Crippen molar-refractivity contribution in [2.45, 2.75) is 38.5 Å². The summed E-state index contributed by atoms with van der Waals surface area (Å²) < 4.78 is 7.86. The number of hydrogen-bond acceptors (Lipinski definition) is 3. The van der Waals surface area contributed by atoms with Gasteiger partial charge in [-0.1, -0.05) is 11.6 Å². The van der Waals surface area contributed by atoms with Gasteiger partial charge in [0.05, 0.1) is 12.3 Å². The summed E-state index contributed by atoms with van der Waals surface area (Å²) in [6, 6.07) is 5.64. The number of aliphatic hydroxyl groups excluding tert-OH is 1. The Morgan fingerprint density at radius 1 is 1.45 bits per heavy atom. The Hall–Kier alpha value is -1.52. The summed E-state index contributed by atoms with van der Waals surface area (Å²) >= 11 is 5.95. The van der Waals surface area contributed by atoms with Gasteiger partial charge >= 0.3 is 0 Å². The zero-order chi connectivity index (χ0) is 14.3. The molecule has 2 atom stereocenters. The lowest BCUT2D eigenvalue weighted by Crippen LogP contribution is -2.18. The van der Waals surface area contributed by atoms with Crippen molar-refractivity contribution in [1.82, 2.24) is 9.78 Å². The van der Waals surface area contributed by atoms with E-state index in [-0.39, 0.29) is 6.10 Å². The lowest BCUT2D eigenvalue weighted by Gasteiger charge is -2.29. The molecule has 20 heavy (non-hydrogen) atoms. The maximum absolute atomic E-state index is 10.3. The maximum atomic E-state index is 10.3. The summed E-state index contributed by atoms with van der Waals surface area (Å²) in [6.45, 7) is 4.15. The summed E-state index contributed by atoms with van der Waals surface area (Å²) in [7, 11) is 0. The van der Waals surface area contributed by atoms with Gasteiger partial charge in [-0.2, -0.15) is 5.10 Å². The molecule has 0 amide bonds. The minimum atomic E-state index is -0.565. The second-order valence-corrected chi connectivity index (χ2v) is 5.82. The minimum Gasteiger partial charge on any atom is -0.485 e. The molecule has 4 nitrogen and oxygen atoms in total. The monoisotopic (exact) mass is 292 g/mol. The van der Waals surface area contributed by atoms with Crippen molar-refractivity contribution < 1.29 is 9.84 Å². The number of halogens is 1. The molecule has 0 saturated heterocycles. The largest absolute Gasteiger partial charge is 0.485 e. The molecule has 2 heterocycles. The summed E-state index contributed by atoms with van der Waals surface area (Å²) in [5, 5.41) is 15.2. The zero-order valence-corrected chi connectivity index (χ0v) is 12.2. The van der Waals surface area contributed by atoms with E-state index < -0.39 is 6.10 Å². The molecule has 2 aromatic rings. The fourth-order valence-electron chi connectivity index (χ4n) is 2.42. The zero-order valence-electron chi connectivity index (χ0n) is 11.5. The first kappa shape index (κ1) is 13.5. The smallest absolute Gasteiger partial charge is 0.130 e. The van der Waals surface area contributed by atoms with Crippen molar-refractivity contribution >= 4 is 11.6 Å². The fraction of sp³-hybridized carbons (Fsp3) is 0.400. The Balaban J connectivity index is 1.88. The molecule has 0 saturated carbocycles. The van der Waals surface area contributed by atoms with E-state index in [1.165, 1.54) is 0 Å².